The summed E-state index contributed by atoms with van der Waals surface area (Å²) in [5.74, 6) is -0.242. The Balaban J connectivity index is 1.28. The maximum atomic E-state index is 13.2. The van der Waals surface area contributed by atoms with Gasteiger partial charge in [0.05, 0.1) is 17.3 Å². The van der Waals surface area contributed by atoms with Gasteiger partial charge < -0.3 is 4.42 Å². The zero-order chi connectivity index (χ0) is 26.2. The van der Waals surface area contributed by atoms with Crippen LogP contribution in [0.1, 0.15) is 30.5 Å². The van der Waals surface area contributed by atoms with Crippen molar-refractivity contribution in [3.63, 3.8) is 0 Å². The van der Waals surface area contributed by atoms with Crippen LogP contribution in [0, 0.1) is 0 Å². The van der Waals surface area contributed by atoms with Gasteiger partial charge in [-0.05, 0) is 43.5 Å². The predicted molar refractivity (Wildman–Crippen MR) is 127 cm³/mol. The number of Topliss-reactive ketones (excluding diaryl/α,β-unsaturated/α-hetero) is 1. The Morgan fingerprint density at radius 2 is 1.89 bits per heavy atom. The van der Waals surface area contributed by atoms with Gasteiger partial charge in [0.25, 0.3) is 10.0 Å². The standard InChI is InChI=1S/C25H21F3N4O4S/c26-25(27,28)18-5-3-16(4-6-18)20-13-19(30-15-31-20)7-8-22(33)21-2-1-11-32(21)37(34,35)24-12-17-14-29-10-9-23(17)36-24/h3-6,9-10,12-15,21H,1-2,7-8,11H2/t21-/m0/s1. The van der Waals surface area contributed by atoms with Gasteiger partial charge >= 0.3 is 6.18 Å². The fraction of sp³-hybridized carbons (Fsp3) is 0.280. The van der Waals surface area contributed by atoms with Crippen molar-refractivity contribution in [2.75, 3.05) is 6.54 Å². The number of carbonyl (C=O) groups is 1. The number of halogens is 3. The van der Waals surface area contributed by atoms with Crippen LogP contribution in [0.15, 0.2) is 70.7 Å². The molecule has 8 nitrogen and oxygen atoms in total. The molecule has 0 amide bonds. The van der Waals surface area contributed by atoms with Crippen LogP contribution in [0.5, 0.6) is 0 Å². The highest BCUT2D eigenvalue weighted by Crippen LogP contribution is 2.32. The van der Waals surface area contributed by atoms with Crippen molar-refractivity contribution in [2.24, 2.45) is 0 Å². The lowest BCUT2D eigenvalue weighted by atomic mass is 10.0. The summed E-state index contributed by atoms with van der Waals surface area (Å²) < 4.78 is 71.7. The largest absolute Gasteiger partial charge is 0.443 e. The summed E-state index contributed by atoms with van der Waals surface area (Å²) in [6.45, 7) is 0.208. The first-order chi connectivity index (χ1) is 17.6. The number of fused-ring (bicyclic) bond motifs is 1. The van der Waals surface area contributed by atoms with Gasteiger partial charge in [-0.25, -0.2) is 18.4 Å². The molecule has 0 aliphatic carbocycles. The van der Waals surface area contributed by atoms with Gasteiger partial charge in [-0.2, -0.15) is 17.5 Å². The molecule has 1 aromatic carbocycles. The lowest BCUT2D eigenvalue weighted by Crippen LogP contribution is -2.40. The molecule has 0 bridgehead atoms. The Labute approximate surface area is 210 Å². The number of aryl methyl sites for hydroxylation is 1. The van der Waals surface area contributed by atoms with E-state index in [2.05, 4.69) is 15.0 Å². The Morgan fingerprint density at radius 1 is 1.11 bits per heavy atom. The summed E-state index contributed by atoms with van der Waals surface area (Å²) in [7, 11) is -4.02. The van der Waals surface area contributed by atoms with Gasteiger partial charge in [0.1, 0.15) is 11.9 Å². The molecule has 5 rings (SSSR count). The number of sulfonamides is 1. The number of rotatable bonds is 7. The smallest absolute Gasteiger partial charge is 0.416 e. The van der Waals surface area contributed by atoms with Crippen LogP contribution in [-0.2, 0) is 27.4 Å². The minimum atomic E-state index is -4.43. The summed E-state index contributed by atoms with van der Waals surface area (Å²) in [6.07, 6.45) is 1.09. The summed E-state index contributed by atoms with van der Waals surface area (Å²) in [6, 6.07) is 8.39. The molecule has 0 radical (unpaired) electrons. The average Bonchev–Trinajstić information content (AvgIpc) is 3.55. The van der Waals surface area contributed by atoms with Gasteiger partial charge in [-0.3, -0.25) is 9.78 Å². The number of hydrogen-bond donors (Lipinski definition) is 0. The third kappa shape index (κ3) is 5.12. The van der Waals surface area contributed by atoms with Crippen LogP contribution in [0.2, 0.25) is 0 Å². The van der Waals surface area contributed by atoms with E-state index in [1.807, 2.05) is 0 Å². The van der Waals surface area contributed by atoms with E-state index in [-0.39, 0.29) is 30.3 Å². The van der Waals surface area contributed by atoms with Crippen LogP contribution >= 0.6 is 0 Å². The quantitative estimate of drug-likeness (QED) is 0.342. The van der Waals surface area contributed by atoms with Gasteiger partial charge in [-0.1, -0.05) is 12.1 Å². The first-order valence-corrected chi connectivity index (χ1v) is 12.9. The van der Waals surface area contributed by atoms with E-state index in [0.29, 0.717) is 40.8 Å². The van der Waals surface area contributed by atoms with E-state index in [0.717, 1.165) is 12.1 Å². The molecule has 1 fully saturated rings. The second kappa shape index (κ2) is 9.67. The highest BCUT2D eigenvalue weighted by molar-refractivity contribution is 7.89. The molecule has 1 atom stereocenters. The zero-order valence-electron chi connectivity index (χ0n) is 19.4. The monoisotopic (exact) mass is 530 g/mol. The van der Waals surface area contributed by atoms with Crippen molar-refractivity contribution < 1.29 is 30.8 Å². The van der Waals surface area contributed by atoms with Crippen LogP contribution in [-0.4, -0.2) is 46.0 Å². The molecule has 0 N–H and O–H groups in total. The number of nitrogens with zero attached hydrogens (tertiary/aromatic N) is 4. The number of carbonyl (C=O) groups excluding carboxylic acids is 1. The third-order valence-electron chi connectivity index (χ3n) is 6.29. The SMILES string of the molecule is O=C(CCc1cc(-c2ccc(C(F)(F)F)cc2)ncn1)[C@@H]1CCCN1S(=O)(=O)c1cc2cnccc2o1. The molecule has 192 valence electrons. The van der Waals surface area contributed by atoms with E-state index < -0.39 is 27.8 Å². The summed E-state index contributed by atoms with van der Waals surface area (Å²) >= 11 is 0. The minimum Gasteiger partial charge on any atom is -0.443 e. The third-order valence-corrected chi connectivity index (χ3v) is 8.06. The average molecular weight is 531 g/mol. The zero-order valence-corrected chi connectivity index (χ0v) is 20.2. The highest BCUT2D eigenvalue weighted by Gasteiger charge is 2.40. The number of hydrogen-bond acceptors (Lipinski definition) is 7. The van der Waals surface area contributed by atoms with Gasteiger partial charge in [0.15, 0.2) is 5.78 Å². The van der Waals surface area contributed by atoms with E-state index >= 15 is 0 Å². The first kappa shape index (κ1) is 25.0. The van der Waals surface area contributed by atoms with Gasteiger partial charge in [0.2, 0.25) is 5.09 Å². The molecule has 4 aromatic rings. The normalized spacial score (nSPS) is 16.9. The second-order valence-electron chi connectivity index (χ2n) is 8.69. The molecule has 12 heteroatoms. The van der Waals surface area contributed by atoms with Crippen molar-refractivity contribution in [1.82, 2.24) is 19.3 Å². The molecule has 1 aliphatic rings. The second-order valence-corrected chi connectivity index (χ2v) is 10.5. The van der Waals surface area contributed by atoms with E-state index in [1.165, 1.54) is 41.2 Å². The Hall–Kier alpha value is -3.64. The number of ketones is 1. The fourth-order valence-corrected chi connectivity index (χ4v) is 6.02. The maximum Gasteiger partial charge on any atom is 0.416 e. The molecule has 0 unspecified atom stereocenters. The van der Waals surface area contributed by atoms with Crippen LogP contribution < -0.4 is 0 Å². The molecule has 37 heavy (non-hydrogen) atoms. The lowest BCUT2D eigenvalue weighted by molar-refractivity contribution is -0.137. The summed E-state index contributed by atoms with van der Waals surface area (Å²) in [5.41, 5.74) is 1.07. The minimum absolute atomic E-state index is 0.0458. The van der Waals surface area contributed by atoms with Crippen molar-refractivity contribution in [2.45, 2.75) is 43.0 Å². The first-order valence-electron chi connectivity index (χ1n) is 11.5. The molecule has 3 aromatic heterocycles. The molecule has 0 spiro atoms. The molecule has 1 aliphatic heterocycles. The fourth-order valence-electron chi connectivity index (χ4n) is 4.39. The lowest BCUT2D eigenvalue weighted by Gasteiger charge is -2.21. The number of aromatic nitrogens is 3. The highest BCUT2D eigenvalue weighted by atomic mass is 32.2. The molecule has 4 heterocycles. The molecule has 1 saturated heterocycles. The van der Waals surface area contributed by atoms with Gasteiger partial charge in [-0.15, -0.1) is 0 Å². The predicted octanol–water partition coefficient (Wildman–Crippen LogP) is 4.66. The van der Waals surface area contributed by atoms with Gasteiger partial charge in [0, 0.05) is 48.1 Å². The number of alkyl halides is 3. The van der Waals surface area contributed by atoms with Crippen molar-refractivity contribution in [3.05, 3.63) is 72.4 Å². The summed E-state index contributed by atoms with van der Waals surface area (Å²) in [5, 5.41) is 0.322. The number of benzene rings is 1. The van der Waals surface area contributed by atoms with E-state index in [1.54, 1.807) is 12.1 Å². The van der Waals surface area contributed by atoms with Crippen LogP contribution in [0.4, 0.5) is 13.2 Å². The Morgan fingerprint density at radius 3 is 2.62 bits per heavy atom. The van der Waals surface area contributed by atoms with E-state index in [4.69, 9.17) is 4.42 Å². The molecular weight excluding hydrogens is 509 g/mol. The van der Waals surface area contributed by atoms with Crippen molar-refractivity contribution in [1.29, 1.82) is 0 Å². The topological polar surface area (TPSA) is 106 Å². The van der Waals surface area contributed by atoms with Crippen LogP contribution in [0.25, 0.3) is 22.2 Å². The molecular formula is C25H21F3N4O4S. The maximum absolute atomic E-state index is 13.2. The number of pyridine rings is 1. The number of furan rings is 1. The summed E-state index contributed by atoms with van der Waals surface area (Å²) in [4.78, 5) is 25.3. The van der Waals surface area contributed by atoms with Crippen molar-refractivity contribution in [3.8, 4) is 11.3 Å². The Bertz CT molecular complexity index is 1520. The van der Waals surface area contributed by atoms with E-state index in [9.17, 15) is 26.4 Å². The molecule has 0 saturated carbocycles. The van der Waals surface area contributed by atoms with Crippen LogP contribution in [0.3, 0.4) is 0 Å². The Kier molecular flexibility index (Phi) is 6.54. The van der Waals surface area contributed by atoms with Crippen molar-refractivity contribution >= 4 is 26.8 Å².